The minimum absolute atomic E-state index is 0.0775. The van der Waals surface area contributed by atoms with Gasteiger partial charge in [-0.15, -0.1) is 0 Å². The van der Waals surface area contributed by atoms with Crippen LogP contribution in [0.2, 0.25) is 0 Å². The topological polar surface area (TPSA) is 89.6 Å². The van der Waals surface area contributed by atoms with Gasteiger partial charge in [-0.2, -0.15) is 0 Å². The van der Waals surface area contributed by atoms with Crippen LogP contribution in [-0.4, -0.2) is 42.9 Å². The van der Waals surface area contributed by atoms with Crippen LogP contribution in [0.25, 0.3) is 0 Å². The number of nitrogens with one attached hydrogen (secondary N) is 2. The molecule has 6 nitrogen and oxygen atoms in total. The molecule has 1 aliphatic rings. The Morgan fingerprint density at radius 2 is 1.39 bits per heavy atom. The monoisotopic (exact) mass is 277 g/mol. The molecule has 0 aromatic rings. The van der Waals surface area contributed by atoms with Crippen molar-refractivity contribution in [3.05, 3.63) is 0 Å². The molecule has 0 aromatic carbocycles. The molecular weight excluding hydrogens is 250 g/mol. The number of hydrogen-bond donors (Lipinski definition) is 3. The zero-order valence-corrected chi connectivity index (χ0v) is 13.6. The predicted octanol–water partition coefficient (Wildman–Crippen LogP) is 0.547. The molecular formula is C11H27N3O3Si. The van der Waals surface area contributed by atoms with Gasteiger partial charge in [0, 0.05) is 27.4 Å². The Morgan fingerprint density at radius 1 is 1.06 bits per heavy atom. The maximum atomic E-state index is 7.08. The number of nitrogens with two attached hydrogens (primary N) is 1. The van der Waals surface area contributed by atoms with E-state index < -0.39 is 9.53 Å². The lowest BCUT2D eigenvalue weighted by atomic mass is 10.0. The smallest absolute Gasteiger partial charge is 0.379 e. The highest BCUT2D eigenvalue weighted by Gasteiger charge is 2.65. The highest BCUT2D eigenvalue weighted by Crippen LogP contribution is 2.62. The van der Waals surface area contributed by atoms with Crippen LogP contribution in [0.1, 0.15) is 27.7 Å². The molecule has 0 amide bonds. The maximum Gasteiger partial charge on any atom is 0.483 e. The zero-order valence-electron chi connectivity index (χ0n) is 12.5. The zero-order chi connectivity index (χ0) is 14.6. The SMILES string of the molecule is CC1(C)C(NC(=N)N)C1(C)C.CO[SiH](OC)OC. The summed E-state index contributed by atoms with van der Waals surface area (Å²) in [7, 11) is 3.05. The van der Waals surface area contributed by atoms with Crippen LogP contribution in [0, 0.1) is 16.2 Å². The molecule has 0 unspecified atom stereocenters. The number of hydrogen-bond acceptors (Lipinski definition) is 4. The minimum Gasteiger partial charge on any atom is -0.379 e. The van der Waals surface area contributed by atoms with Crippen LogP contribution in [0.5, 0.6) is 0 Å². The summed E-state index contributed by atoms with van der Waals surface area (Å²) in [5.41, 5.74) is 5.77. The fraction of sp³-hybridized carbons (Fsp3) is 0.909. The fourth-order valence-corrected chi connectivity index (χ4v) is 2.58. The number of rotatable bonds is 4. The molecule has 0 aliphatic heterocycles. The van der Waals surface area contributed by atoms with E-state index in [9.17, 15) is 0 Å². The normalized spacial score (nSPS) is 20.0. The summed E-state index contributed by atoms with van der Waals surface area (Å²) in [6.07, 6.45) is 0. The van der Waals surface area contributed by atoms with Crippen LogP contribution < -0.4 is 11.1 Å². The van der Waals surface area contributed by atoms with E-state index in [-0.39, 0.29) is 16.8 Å². The second kappa shape index (κ2) is 6.51. The third-order valence-electron chi connectivity index (χ3n) is 3.90. The molecule has 108 valence electrons. The summed E-state index contributed by atoms with van der Waals surface area (Å²) < 4.78 is 14.2. The van der Waals surface area contributed by atoms with Crippen molar-refractivity contribution in [1.82, 2.24) is 5.32 Å². The molecule has 1 fully saturated rings. The van der Waals surface area contributed by atoms with Crippen molar-refractivity contribution in [3.8, 4) is 0 Å². The Hall–Kier alpha value is -0.633. The molecule has 0 aromatic heterocycles. The van der Waals surface area contributed by atoms with E-state index in [1.807, 2.05) is 0 Å². The largest absolute Gasteiger partial charge is 0.483 e. The number of guanidine groups is 1. The summed E-state index contributed by atoms with van der Waals surface area (Å²) in [6.45, 7) is 8.75. The molecule has 7 heteroatoms. The standard InChI is InChI=1S/C8H17N3.C3H10O3Si/c1-7(2)5(8(7,3)4)11-6(9)10;1-4-7(5-2)6-3/h5H,1-4H3,(H4,9,10,11);7H,1-3H3. The van der Waals surface area contributed by atoms with Crippen molar-refractivity contribution in [2.75, 3.05) is 21.3 Å². The van der Waals surface area contributed by atoms with E-state index in [1.54, 1.807) is 21.3 Å². The lowest BCUT2D eigenvalue weighted by Gasteiger charge is -2.05. The Morgan fingerprint density at radius 3 is 1.44 bits per heavy atom. The highest BCUT2D eigenvalue weighted by molar-refractivity contribution is 6.36. The first-order valence-electron chi connectivity index (χ1n) is 5.84. The summed E-state index contributed by atoms with van der Waals surface area (Å²) in [4.78, 5) is 0. The van der Waals surface area contributed by atoms with Gasteiger partial charge in [0.05, 0.1) is 0 Å². The average molecular weight is 277 g/mol. The molecule has 0 bridgehead atoms. The fourth-order valence-electron chi connectivity index (χ4n) is 2.00. The molecule has 1 rings (SSSR count). The first-order chi connectivity index (χ1) is 8.14. The molecule has 0 heterocycles. The first kappa shape index (κ1) is 17.4. The Balaban J connectivity index is 0.000000360. The van der Waals surface area contributed by atoms with E-state index in [4.69, 9.17) is 24.4 Å². The summed E-state index contributed by atoms with van der Waals surface area (Å²) in [5.74, 6) is 0.0775. The van der Waals surface area contributed by atoms with Gasteiger partial charge in [0.1, 0.15) is 0 Å². The van der Waals surface area contributed by atoms with E-state index in [2.05, 4.69) is 33.0 Å². The molecule has 0 saturated heterocycles. The molecule has 0 atom stereocenters. The van der Waals surface area contributed by atoms with Crippen molar-refractivity contribution in [1.29, 1.82) is 5.41 Å². The van der Waals surface area contributed by atoms with Gasteiger partial charge >= 0.3 is 9.53 Å². The molecule has 0 radical (unpaired) electrons. The third kappa shape index (κ3) is 3.94. The second-order valence-corrected chi connectivity index (χ2v) is 7.42. The Labute approximate surface area is 112 Å². The second-order valence-electron chi connectivity index (χ2n) is 5.43. The molecule has 18 heavy (non-hydrogen) atoms. The van der Waals surface area contributed by atoms with Gasteiger partial charge in [-0.05, 0) is 10.8 Å². The van der Waals surface area contributed by atoms with Gasteiger partial charge in [0.15, 0.2) is 5.96 Å². The average Bonchev–Trinajstić information content (AvgIpc) is 2.64. The van der Waals surface area contributed by atoms with Crippen molar-refractivity contribution in [3.63, 3.8) is 0 Å². The van der Waals surface area contributed by atoms with Crippen LogP contribution >= 0.6 is 0 Å². The molecule has 1 aliphatic carbocycles. The van der Waals surface area contributed by atoms with E-state index in [0.29, 0.717) is 6.04 Å². The van der Waals surface area contributed by atoms with Gasteiger partial charge in [0.25, 0.3) is 0 Å². The van der Waals surface area contributed by atoms with E-state index >= 15 is 0 Å². The highest BCUT2D eigenvalue weighted by atomic mass is 28.3. The van der Waals surface area contributed by atoms with Crippen LogP contribution in [0.4, 0.5) is 0 Å². The van der Waals surface area contributed by atoms with Gasteiger partial charge in [0.2, 0.25) is 0 Å². The Kier molecular flexibility index (Phi) is 6.28. The minimum atomic E-state index is -1.67. The predicted molar refractivity (Wildman–Crippen MR) is 74.6 cm³/mol. The van der Waals surface area contributed by atoms with Gasteiger partial charge in [-0.3, -0.25) is 5.41 Å². The van der Waals surface area contributed by atoms with Crippen LogP contribution in [-0.2, 0) is 13.3 Å². The maximum absolute atomic E-state index is 7.08. The van der Waals surface area contributed by atoms with Gasteiger partial charge in [-0.1, -0.05) is 27.7 Å². The van der Waals surface area contributed by atoms with Crippen LogP contribution in [0.3, 0.4) is 0 Å². The van der Waals surface area contributed by atoms with Crippen molar-refractivity contribution in [2.45, 2.75) is 33.7 Å². The summed E-state index contributed by atoms with van der Waals surface area (Å²) >= 11 is 0. The lowest BCUT2D eigenvalue weighted by molar-refractivity contribution is 0.163. The first-order valence-corrected chi connectivity index (χ1v) is 7.25. The van der Waals surface area contributed by atoms with Crippen molar-refractivity contribution < 1.29 is 13.3 Å². The quantitative estimate of drug-likeness (QED) is 0.396. The third-order valence-corrected chi connectivity index (χ3v) is 5.05. The summed E-state index contributed by atoms with van der Waals surface area (Å²) in [5, 5.41) is 10.0. The van der Waals surface area contributed by atoms with Gasteiger partial charge in [-0.25, -0.2) is 0 Å². The molecule has 1 saturated carbocycles. The van der Waals surface area contributed by atoms with E-state index in [1.165, 1.54) is 0 Å². The van der Waals surface area contributed by atoms with Crippen molar-refractivity contribution in [2.24, 2.45) is 16.6 Å². The Bertz CT molecular complexity index is 261. The summed E-state index contributed by atoms with van der Waals surface area (Å²) in [6, 6.07) is 0.354. The van der Waals surface area contributed by atoms with Gasteiger partial charge < -0.3 is 24.3 Å². The molecule has 4 N–H and O–H groups in total. The molecule has 0 spiro atoms. The van der Waals surface area contributed by atoms with E-state index in [0.717, 1.165) is 0 Å². The van der Waals surface area contributed by atoms with Crippen LogP contribution in [0.15, 0.2) is 0 Å². The van der Waals surface area contributed by atoms with Crippen molar-refractivity contribution >= 4 is 15.5 Å². The lowest BCUT2D eigenvalue weighted by Crippen LogP contribution is -2.35.